The fraction of sp³-hybridized carbons (Fsp3) is 0.0588. The van der Waals surface area contributed by atoms with Gasteiger partial charge in [-0.25, -0.2) is 10.4 Å². The van der Waals surface area contributed by atoms with Crippen molar-refractivity contribution < 1.29 is 9.36 Å². The maximum absolute atomic E-state index is 11.7. The molecule has 0 radical (unpaired) electrons. The lowest BCUT2D eigenvalue weighted by molar-refractivity contribution is -0.684. The van der Waals surface area contributed by atoms with Crippen molar-refractivity contribution in [1.82, 2.24) is 10.4 Å². The normalized spacial score (nSPS) is 10.9. The summed E-state index contributed by atoms with van der Waals surface area (Å²) in [7, 11) is 0. The monoisotopic (exact) mass is 291 g/mol. The Labute approximate surface area is 127 Å². The van der Waals surface area contributed by atoms with E-state index in [4.69, 9.17) is 0 Å². The average Bonchev–Trinajstić information content (AvgIpc) is 2.55. The van der Waals surface area contributed by atoms with E-state index in [1.807, 2.05) is 67.0 Å². The number of carbonyl (C=O) groups is 1. The van der Waals surface area contributed by atoms with Crippen LogP contribution in [0.3, 0.4) is 0 Å². The van der Waals surface area contributed by atoms with Crippen molar-refractivity contribution in [3.05, 3.63) is 72.7 Å². The number of para-hydroxylation sites is 1. The molecule has 1 aromatic carbocycles. The van der Waals surface area contributed by atoms with E-state index in [1.54, 1.807) is 10.8 Å². The van der Waals surface area contributed by atoms with Crippen LogP contribution in [-0.4, -0.2) is 17.1 Å². The molecule has 0 aliphatic rings. The Bertz CT molecular complexity index is 815. The molecule has 2 aromatic heterocycles. The summed E-state index contributed by atoms with van der Waals surface area (Å²) in [5, 5.41) is 5.02. The van der Waals surface area contributed by atoms with Crippen LogP contribution in [0.1, 0.15) is 5.69 Å². The molecule has 0 fully saturated rings. The highest BCUT2D eigenvalue weighted by atomic mass is 16.2. The van der Waals surface area contributed by atoms with Crippen molar-refractivity contribution in [1.29, 1.82) is 0 Å². The average molecular weight is 291 g/mol. The SMILES string of the molecule is O=C(C[n+]1ccccc1)N/N=C/c1ccc2ccccc2n1. The van der Waals surface area contributed by atoms with Gasteiger partial charge >= 0.3 is 5.91 Å². The third kappa shape index (κ3) is 3.52. The Morgan fingerprint density at radius 1 is 1.09 bits per heavy atom. The summed E-state index contributed by atoms with van der Waals surface area (Å²) in [6.45, 7) is 0.226. The Hall–Kier alpha value is -3.08. The molecule has 22 heavy (non-hydrogen) atoms. The van der Waals surface area contributed by atoms with Crippen LogP contribution in [0.5, 0.6) is 0 Å². The zero-order valence-corrected chi connectivity index (χ0v) is 11.9. The zero-order valence-electron chi connectivity index (χ0n) is 11.9. The molecular formula is C17H15N4O+. The molecule has 0 aliphatic heterocycles. The number of hydrazone groups is 1. The lowest BCUT2D eigenvalue weighted by Crippen LogP contribution is -2.40. The van der Waals surface area contributed by atoms with E-state index >= 15 is 0 Å². The number of nitrogens with one attached hydrogen (secondary N) is 1. The molecule has 0 aliphatic carbocycles. The standard InChI is InChI=1S/C17H14N4O/c22-17(13-21-10-4-1-5-11-21)20-18-12-15-9-8-14-6-2-3-7-16(14)19-15/h1-12H,13H2/p+1. The summed E-state index contributed by atoms with van der Waals surface area (Å²) < 4.78 is 1.78. The van der Waals surface area contributed by atoms with Gasteiger partial charge in [0.15, 0.2) is 12.4 Å². The van der Waals surface area contributed by atoms with E-state index in [9.17, 15) is 4.79 Å². The number of hydrogen-bond acceptors (Lipinski definition) is 3. The molecule has 0 saturated heterocycles. The first-order chi connectivity index (χ1) is 10.8. The van der Waals surface area contributed by atoms with E-state index in [0.29, 0.717) is 5.69 Å². The Balaban J connectivity index is 1.62. The number of nitrogens with zero attached hydrogens (tertiary/aromatic N) is 3. The van der Waals surface area contributed by atoms with Crippen molar-refractivity contribution in [3.63, 3.8) is 0 Å². The fourth-order valence-corrected chi connectivity index (χ4v) is 2.07. The molecule has 0 unspecified atom stereocenters. The molecule has 5 heteroatoms. The van der Waals surface area contributed by atoms with Crippen LogP contribution in [-0.2, 0) is 11.3 Å². The predicted molar refractivity (Wildman–Crippen MR) is 84.1 cm³/mol. The zero-order chi connectivity index (χ0) is 15.2. The second-order valence-corrected chi connectivity index (χ2v) is 4.77. The van der Waals surface area contributed by atoms with Crippen molar-refractivity contribution in [2.24, 2.45) is 5.10 Å². The quantitative estimate of drug-likeness (QED) is 0.451. The molecule has 0 atom stereocenters. The minimum Gasteiger partial charge on any atom is -0.266 e. The van der Waals surface area contributed by atoms with Gasteiger partial charge in [0.25, 0.3) is 0 Å². The Kier molecular flexibility index (Phi) is 4.15. The highest BCUT2D eigenvalue weighted by Crippen LogP contribution is 2.10. The number of benzene rings is 1. The van der Waals surface area contributed by atoms with Crippen LogP contribution in [0.25, 0.3) is 10.9 Å². The highest BCUT2D eigenvalue weighted by Gasteiger charge is 2.06. The molecule has 0 saturated carbocycles. The van der Waals surface area contributed by atoms with Gasteiger partial charge in [-0.2, -0.15) is 9.67 Å². The van der Waals surface area contributed by atoms with Gasteiger partial charge in [-0.1, -0.05) is 30.3 Å². The molecule has 1 N–H and O–H groups in total. The Morgan fingerprint density at radius 2 is 1.91 bits per heavy atom. The molecule has 108 valence electrons. The van der Waals surface area contributed by atoms with Crippen LogP contribution in [0.2, 0.25) is 0 Å². The van der Waals surface area contributed by atoms with Crippen LogP contribution < -0.4 is 9.99 Å². The lowest BCUT2D eigenvalue weighted by Gasteiger charge is -1.98. The molecule has 5 nitrogen and oxygen atoms in total. The lowest BCUT2D eigenvalue weighted by atomic mass is 10.2. The first kappa shape index (κ1) is 13.9. The van der Waals surface area contributed by atoms with Gasteiger partial charge in [-0.05, 0) is 12.1 Å². The fourth-order valence-electron chi connectivity index (χ4n) is 2.07. The third-order valence-electron chi connectivity index (χ3n) is 3.11. The minimum absolute atomic E-state index is 0.187. The number of carbonyl (C=O) groups excluding carboxylic acids is 1. The number of amides is 1. The number of rotatable bonds is 4. The van der Waals surface area contributed by atoms with Gasteiger partial charge in [-0.3, -0.25) is 4.79 Å². The van der Waals surface area contributed by atoms with Crippen LogP contribution in [0.4, 0.5) is 0 Å². The van der Waals surface area contributed by atoms with E-state index in [0.717, 1.165) is 10.9 Å². The molecular weight excluding hydrogens is 276 g/mol. The highest BCUT2D eigenvalue weighted by molar-refractivity contribution is 5.85. The first-order valence-electron chi connectivity index (χ1n) is 6.93. The summed E-state index contributed by atoms with van der Waals surface area (Å²) in [5.74, 6) is -0.187. The summed E-state index contributed by atoms with van der Waals surface area (Å²) in [4.78, 5) is 16.2. The predicted octanol–water partition coefficient (Wildman–Crippen LogP) is 1.67. The number of fused-ring (bicyclic) bond motifs is 1. The van der Waals surface area contributed by atoms with E-state index in [-0.39, 0.29) is 12.5 Å². The smallest absolute Gasteiger partial charge is 0.266 e. The molecule has 3 aromatic rings. The first-order valence-corrected chi connectivity index (χ1v) is 6.93. The largest absolute Gasteiger partial charge is 0.305 e. The number of hydrogen-bond donors (Lipinski definition) is 1. The van der Waals surface area contributed by atoms with E-state index < -0.39 is 0 Å². The van der Waals surface area contributed by atoms with Gasteiger partial charge in [0.05, 0.1) is 17.4 Å². The van der Waals surface area contributed by atoms with Crippen LogP contribution in [0.15, 0.2) is 72.1 Å². The molecule has 1 amide bonds. The topological polar surface area (TPSA) is 58.2 Å². The molecule has 0 spiro atoms. The number of aromatic nitrogens is 2. The van der Waals surface area contributed by atoms with Crippen molar-refractivity contribution in [2.75, 3.05) is 0 Å². The second-order valence-electron chi connectivity index (χ2n) is 4.77. The van der Waals surface area contributed by atoms with Crippen LogP contribution >= 0.6 is 0 Å². The molecule has 2 heterocycles. The van der Waals surface area contributed by atoms with Crippen molar-refractivity contribution >= 4 is 23.0 Å². The molecule has 3 rings (SSSR count). The maximum atomic E-state index is 11.7. The summed E-state index contributed by atoms with van der Waals surface area (Å²) in [5.41, 5.74) is 4.10. The minimum atomic E-state index is -0.187. The second kappa shape index (κ2) is 6.58. The third-order valence-corrected chi connectivity index (χ3v) is 3.11. The summed E-state index contributed by atoms with van der Waals surface area (Å²) in [6, 6.07) is 17.3. The summed E-state index contributed by atoms with van der Waals surface area (Å²) in [6.07, 6.45) is 5.20. The van der Waals surface area contributed by atoms with Crippen molar-refractivity contribution in [3.8, 4) is 0 Å². The van der Waals surface area contributed by atoms with E-state index in [2.05, 4.69) is 15.5 Å². The maximum Gasteiger partial charge on any atom is 0.305 e. The van der Waals surface area contributed by atoms with Gasteiger partial charge in [0.1, 0.15) is 0 Å². The van der Waals surface area contributed by atoms with Gasteiger partial charge < -0.3 is 0 Å². The van der Waals surface area contributed by atoms with Gasteiger partial charge in [-0.15, -0.1) is 0 Å². The number of pyridine rings is 2. The summed E-state index contributed by atoms with van der Waals surface area (Å²) >= 11 is 0. The van der Waals surface area contributed by atoms with E-state index in [1.165, 1.54) is 0 Å². The Morgan fingerprint density at radius 3 is 2.77 bits per heavy atom. The van der Waals surface area contributed by atoms with Gasteiger partial charge in [0.2, 0.25) is 6.54 Å². The van der Waals surface area contributed by atoms with Gasteiger partial charge in [0, 0.05) is 17.5 Å². The van der Waals surface area contributed by atoms with Crippen LogP contribution in [0, 0.1) is 0 Å². The van der Waals surface area contributed by atoms with Crippen molar-refractivity contribution in [2.45, 2.75) is 6.54 Å². The molecule has 0 bridgehead atoms.